The van der Waals surface area contributed by atoms with Crippen LogP contribution in [0.15, 0.2) is 23.2 Å². The Balaban J connectivity index is 1.72. The molecule has 2 fully saturated rings. The normalized spacial score (nSPS) is 26.6. The van der Waals surface area contributed by atoms with Gasteiger partial charge in [0.05, 0.1) is 0 Å². The highest BCUT2D eigenvalue weighted by Gasteiger charge is 2.40. The SMILES string of the molecule is CC(=O)N/C(=C/c1cccs1)C(=O)N1CC2CCC(N(C)C)CC2C1. The lowest BCUT2D eigenvalue weighted by Crippen LogP contribution is -2.37. The van der Waals surface area contributed by atoms with Gasteiger partial charge in [0, 0.05) is 30.9 Å². The molecule has 3 atom stereocenters. The molecule has 0 aromatic carbocycles. The minimum Gasteiger partial charge on any atom is -0.337 e. The minimum atomic E-state index is -0.208. The molecule has 2 aliphatic rings. The van der Waals surface area contributed by atoms with Crippen molar-refractivity contribution in [2.75, 3.05) is 27.2 Å². The van der Waals surface area contributed by atoms with E-state index < -0.39 is 0 Å². The van der Waals surface area contributed by atoms with Crippen LogP contribution in [-0.2, 0) is 9.59 Å². The van der Waals surface area contributed by atoms with E-state index in [1.54, 1.807) is 17.4 Å². The Morgan fingerprint density at radius 3 is 2.68 bits per heavy atom. The predicted molar refractivity (Wildman–Crippen MR) is 101 cm³/mol. The molecule has 1 aliphatic carbocycles. The molecular weight excluding hydrogens is 334 g/mol. The van der Waals surface area contributed by atoms with Crippen LogP contribution in [0.3, 0.4) is 0 Å². The first-order valence-electron chi connectivity index (χ1n) is 8.92. The first kappa shape index (κ1) is 18.1. The first-order valence-corrected chi connectivity index (χ1v) is 9.80. The van der Waals surface area contributed by atoms with Gasteiger partial charge in [-0.1, -0.05) is 6.07 Å². The van der Waals surface area contributed by atoms with E-state index in [4.69, 9.17) is 0 Å². The summed E-state index contributed by atoms with van der Waals surface area (Å²) in [5.74, 6) is 0.908. The lowest BCUT2D eigenvalue weighted by atomic mass is 9.79. The Labute approximate surface area is 153 Å². The van der Waals surface area contributed by atoms with E-state index in [0.717, 1.165) is 24.4 Å². The van der Waals surface area contributed by atoms with Crippen LogP contribution in [0, 0.1) is 11.8 Å². The maximum atomic E-state index is 13.0. The molecule has 25 heavy (non-hydrogen) atoms. The fourth-order valence-corrected chi connectivity index (χ4v) is 4.73. The van der Waals surface area contributed by atoms with Crippen LogP contribution < -0.4 is 5.32 Å². The predicted octanol–water partition coefficient (Wildman–Crippen LogP) is 2.41. The fraction of sp³-hybridized carbons (Fsp3) is 0.579. The van der Waals surface area contributed by atoms with Crippen molar-refractivity contribution in [3.8, 4) is 0 Å². The summed E-state index contributed by atoms with van der Waals surface area (Å²) in [6, 6.07) is 4.51. The molecule has 0 bridgehead atoms. The Hall–Kier alpha value is -1.66. The average molecular weight is 362 g/mol. The molecule has 1 saturated heterocycles. The Morgan fingerprint density at radius 2 is 2.04 bits per heavy atom. The number of nitrogens with zero attached hydrogens (tertiary/aromatic N) is 2. The number of likely N-dealkylation sites (tertiary alicyclic amines) is 1. The summed E-state index contributed by atoms with van der Waals surface area (Å²) < 4.78 is 0. The number of carbonyl (C=O) groups is 2. The Morgan fingerprint density at radius 1 is 1.28 bits per heavy atom. The van der Waals surface area contributed by atoms with Crippen LogP contribution in [0.1, 0.15) is 31.1 Å². The number of amides is 2. The Kier molecular flexibility index (Phi) is 5.59. The molecule has 6 heteroatoms. The molecule has 0 radical (unpaired) electrons. The van der Waals surface area contributed by atoms with Crippen LogP contribution in [0.2, 0.25) is 0 Å². The van der Waals surface area contributed by atoms with E-state index >= 15 is 0 Å². The van der Waals surface area contributed by atoms with Gasteiger partial charge in [0.2, 0.25) is 5.91 Å². The van der Waals surface area contributed by atoms with E-state index in [1.807, 2.05) is 22.4 Å². The van der Waals surface area contributed by atoms with Crippen molar-refractivity contribution in [3.63, 3.8) is 0 Å². The number of hydrogen-bond donors (Lipinski definition) is 1. The second-order valence-electron chi connectivity index (χ2n) is 7.42. The van der Waals surface area contributed by atoms with Crippen molar-refractivity contribution in [2.45, 2.75) is 32.2 Å². The van der Waals surface area contributed by atoms with E-state index in [-0.39, 0.29) is 11.8 Å². The molecule has 1 saturated carbocycles. The summed E-state index contributed by atoms with van der Waals surface area (Å²) in [4.78, 5) is 29.8. The molecule has 2 amide bonds. The van der Waals surface area contributed by atoms with Gasteiger partial charge in [0.15, 0.2) is 0 Å². The minimum absolute atomic E-state index is 0.0561. The average Bonchev–Trinajstić information content (AvgIpc) is 3.21. The molecule has 2 heterocycles. The van der Waals surface area contributed by atoms with Crippen molar-refractivity contribution >= 4 is 29.2 Å². The third-order valence-corrected chi connectivity index (χ3v) is 6.23. The number of carbonyl (C=O) groups excluding carboxylic acids is 2. The molecular formula is C19H27N3O2S. The van der Waals surface area contributed by atoms with Gasteiger partial charge in [-0.25, -0.2) is 0 Å². The van der Waals surface area contributed by atoms with Crippen LogP contribution in [0.5, 0.6) is 0 Å². The van der Waals surface area contributed by atoms with E-state index in [0.29, 0.717) is 23.6 Å². The summed E-state index contributed by atoms with van der Waals surface area (Å²) >= 11 is 1.56. The van der Waals surface area contributed by atoms with Gasteiger partial charge in [-0.15, -0.1) is 11.3 Å². The van der Waals surface area contributed by atoms with Crippen molar-refractivity contribution < 1.29 is 9.59 Å². The topological polar surface area (TPSA) is 52.7 Å². The van der Waals surface area contributed by atoms with E-state index in [2.05, 4.69) is 24.3 Å². The summed E-state index contributed by atoms with van der Waals surface area (Å²) in [5, 5.41) is 4.70. The summed E-state index contributed by atoms with van der Waals surface area (Å²) in [5.41, 5.74) is 0.387. The lowest BCUT2D eigenvalue weighted by Gasteiger charge is -2.34. The number of fused-ring (bicyclic) bond motifs is 1. The number of thiophene rings is 1. The zero-order valence-corrected chi connectivity index (χ0v) is 16.0. The van der Waals surface area contributed by atoms with Gasteiger partial charge in [0.1, 0.15) is 5.70 Å². The fourth-order valence-electron chi connectivity index (χ4n) is 4.07. The third kappa shape index (κ3) is 4.30. The smallest absolute Gasteiger partial charge is 0.270 e. The lowest BCUT2D eigenvalue weighted by molar-refractivity contribution is -0.128. The number of rotatable bonds is 4. The quantitative estimate of drug-likeness (QED) is 0.838. The van der Waals surface area contributed by atoms with E-state index in [1.165, 1.54) is 19.8 Å². The second-order valence-corrected chi connectivity index (χ2v) is 8.39. The van der Waals surface area contributed by atoms with Gasteiger partial charge >= 0.3 is 0 Å². The van der Waals surface area contributed by atoms with E-state index in [9.17, 15) is 9.59 Å². The second kappa shape index (κ2) is 7.70. The largest absolute Gasteiger partial charge is 0.337 e. The maximum absolute atomic E-state index is 13.0. The monoisotopic (exact) mass is 361 g/mol. The summed E-state index contributed by atoms with van der Waals surface area (Å²) in [7, 11) is 4.28. The first-order chi connectivity index (χ1) is 11.9. The number of hydrogen-bond acceptors (Lipinski definition) is 4. The van der Waals surface area contributed by atoms with Crippen LogP contribution in [-0.4, -0.2) is 54.8 Å². The zero-order chi connectivity index (χ0) is 18.0. The standard InChI is InChI=1S/C19H27N3O2S/c1-13(23)20-18(10-17-5-4-8-25-17)19(24)22-11-14-6-7-16(21(2)3)9-15(14)12-22/h4-5,8,10,14-16H,6-7,9,11-12H2,1-3H3,(H,20,23)/b18-10+. The maximum Gasteiger partial charge on any atom is 0.270 e. The Bertz CT molecular complexity index is 654. The van der Waals surface area contributed by atoms with Gasteiger partial charge in [0.25, 0.3) is 5.91 Å². The van der Waals surface area contributed by atoms with Crippen LogP contribution in [0.25, 0.3) is 6.08 Å². The number of nitrogens with one attached hydrogen (secondary N) is 1. The molecule has 5 nitrogen and oxygen atoms in total. The summed E-state index contributed by atoms with van der Waals surface area (Å²) in [6.45, 7) is 3.06. The highest BCUT2D eigenvalue weighted by atomic mass is 32.1. The van der Waals surface area contributed by atoms with Crippen LogP contribution >= 0.6 is 11.3 Å². The molecule has 1 aliphatic heterocycles. The zero-order valence-electron chi connectivity index (χ0n) is 15.2. The molecule has 3 rings (SSSR count). The summed E-state index contributed by atoms with van der Waals surface area (Å²) in [6.07, 6.45) is 5.34. The van der Waals surface area contributed by atoms with Gasteiger partial charge < -0.3 is 15.1 Å². The van der Waals surface area contributed by atoms with Gasteiger partial charge in [-0.2, -0.15) is 0 Å². The van der Waals surface area contributed by atoms with Crippen LogP contribution in [0.4, 0.5) is 0 Å². The molecule has 1 aromatic heterocycles. The van der Waals surface area contributed by atoms with Gasteiger partial charge in [-0.3, -0.25) is 9.59 Å². The molecule has 1 N–H and O–H groups in total. The van der Waals surface area contributed by atoms with Gasteiger partial charge in [-0.05, 0) is 62.7 Å². The molecule has 3 unspecified atom stereocenters. The highest BCUT2D eigenvalue weighted by Crippen LogP contribution is 2.38. The molecule has 0 spiro atoms. The van der Waals surface area contributed by atoms with Crippen molar-refractivity contribution in [1.29, 1.82) is 0 Å². The molecule has 1 aromatic rings. The molecule has 136 valence electrons. The van der Waals surface area contributed by atoms with Crippen molar-refractivity contribution in [2.24, 2.45) is 11.8 Å². The highest BCUT2D eigenvalue weighted by molar-refractivity contribution is 7.10. The third-order valence-electron chi connectivity index (χ3n) is 5.41. The van der Waals surface area contributed by atoms with Crippen molar-refractivity contribution in [3.05, 3.63) is 28.1 Å². The van der Waals surface area contributed by atoms with Crippen molar-refractivity contribution in [1.82, 2.24) is 15.1 Å².